The minimum absolute atomic E-state index is 0.0420. The molecule has 0 unspecified atom stereocenters. The Balaban J connectivity index is 0.920. The Morgan fingerprint density at radius 1 is 0.377 bits per heavy atom. The lowest BCUT2D eigenvalue weighted by molar-refractivity contribution is 0.660. The van der Waals surface area contributed by atoms with E-state index in [0.29, 0.717) is 0 Å². The van der Waals surface area contributed by atoms with Gasteiger partial charge in [-0.05, 0) is 122 Å². The van der Waals surface area contributed by atoms with Crippen molar-refractivity contribution in [3.05, 3.63) is 236 Å². The third-order valence-electron chi connectivity index (χ3n) is 12.5. The lowest BCUT2D eigenvalue weighted by Gasteiger charge is -2.26. The van der Waals surface area contributed by atoms with E-state index < -0.39 is 0 Å². The van der Waals surface area contributed by atoms with Gasteiger partial charge >= 0.3 is 0 Å². The van der Waals surface area contributed by atoms with Gasteiger partial charge in [0.1, 0.15) is 5.82 Å². The van der Waals surface area contributed by atoms with Crippen LogP contribution in [-0.4, -0.2) is 9.55 Å². The predicted molar refractivity (Wildman–Crippen MR) is 255 cm³/mol. The average molecular weight is 782 g/mol. The second-order valence-corrected chi connectivity index (χ2v) is 16.4. The molecule has 1 aromatic heterocycles. The number of hydrogen-bond acceptors (Lipinski definition) is 2. The van der Waals surface area contributed by atoms with Crippen LogP contribution in [0.3, 0.4) is 0 Å². The summed E-state index contributed by atoms with van der Waals surface area (Å²) in [4.78, 5) is 7.43. The average Bonchev–Trinajstić information content (AvgIpc) is 3.83. The van der Waals surface area contributed by atoms with Crippen molar-refractivity contribution in [2.45, 2.75) is 19.3 Å². The number of para-hydroxylation sites is 3. The molecule has 0 radical (unpaired) electrons. The molecular formula is C58H43N3. The molecule has 0 spiro atoms. The lowest BCUT2D eigenvalue weighted by atomic mass is 9.81. The zero-order valence-corrected chi connectivity index (χ0v) is 34.2. The maximum absolute atomic E-state index is 5.08. The third kappa shape index (κ3) is 6.43. The van der Waals surface area contributed by atoms with Gasteiger partial charge in [-0.2, -0.15) is 0 Å². The normalized spacial score (nSPS) is 12.6. The van der Waals surface area contributed by atoms with Crippen LogP contribution in [-0.2, 0) is 5.41 Å². The second-order valence-electron chi connectivity index (χ2n) is 16.4. The van der Waals surface area contributed by atoms with Gasteiger partial charge in [-0.25, -0.2) is 4.98 Å². The maximum atomic E-state index is 5.08. The SMILES string of the molecule is CC1(C)c2ccccc2-c2ccc(-c3ccc(N(c4ccc(-c5ccccc5)cc4)c4ccc(-c5ccc(-c6nc7ccccc7n6-c6ccccc6)cc5)cc4)cc3)cc21. The summed E-state index contributed by atoms with van der Waals surface area (Å²) in [5.74, 6) is 0.930. The van der Waals surface area contributed by atoms with Crippen LogP contribution in [0.5, 0.6) is 0 Å². The maximum Gasteiger partial charge on any atom is 0.145 e. The molecule has 0 fully saturated rings. The molecule has 3 heteroatoms. The fourth-order valence-corrected chi connectivity index (χ4v) is 9.24. The van der Waals surface area contributed by atoms with Crippen molar-refractivity contribution in [1.29, 1.82) is 0 Å². The van der Waals surface area contributed by atoms with Gasteiger partial charge in [-0.1, -0.05) is 172 Å². The molecule has 0 amide bonds. The molecule has 61 heavy (non-hydrogen) atoms. The molecule has 1 heterocycles. The molecule has 9 aromatic carbocycles. The van der Waals surface area contributed by atoms with Crippen molar-refractivity contribution in [2.75, 3.05) is 4.90 Å². The highest BCUT2D eigenvalue weighted by Crippen LogP contribution is 2.49. The highest BCUT2D eigenvalue weighted by Gasteiger charge is 2.35. The van der Waals surface area contributed by atoms with Crippen LogP contribution in [0.1, 0.15) is 25.0 Å². The summed E-state index contributed by atoms with van der Waals surface area (Å²) in [6.07, 6.45) is 0. The number of rotatable bonds is 8. The number of nitrogens with zero attached hydrogens (tertiary/aromatic N) is 3. The van der Waals surface area contributed by atoms with Crippen LogP contribution in [0.4, 0.5) is 17.1 Å². The predicted octanol–water partition coefficient (Wildman–Crippen LogP) is 15.5. The first kappa shape index (κ1) is 36.3. The van der Waals surface area contributed by atoms with Gasteiger partial charge in [0.15, 0.2) is 0 Å². The minimum atomic E-state index is -0.0420. The first-order chi connectivity index (χ1) is 30.0. The lowest BCUT2D eigenvalue weighted by Crippen LogP contribution is -2.14. The Kier molecular flexibility index (Phi) is 8.82. The summed E-state index contributed by atoms with van der Waals surface area (Å²) >= 11 is 0. The molecular weight excluding hydrogens is 739 g/mol. The third-order valence-corrected chi connectivity index (χ3v) is 12.5. The summed E-state index contributed by atoms with van der Waals surface area (Å²) in [7, 11) is 0. The van der Waals surface area contributed by atoms with Gasteiger partial charge in [-0.15, -0.1) is 0 Å². The number of fused-ring (bicyclic) bond motifs is 4. The van der Waals surface area contributed by atoms with Gasteiger partial charge in [0.25, 0.3) is 0 Å². The number of imidazole rings is 1. The van der Waals surface area contributed by atoms with Crippen molar-refractivity contribution in [3.63, 3.8) is 0 Å². The van der Waals surface area contributed by atoms with Crippen LogP contribution < -0.4 is 4.90 Å². The smallest absolute Gasteiger partial charge is 0.145 e. The molecule has 0 atom stereocenters. The van der Waals surface area contributed by atoms with Crippen molar-refractivity contribution >= 4 is 28.1 Å². The van der Waals surface area contributed by atoms with E-state index in [2.05, 4.69) is 242 Å². The molecule has 290 valence electrons. The van der Waals surface area contributed by atoms with Crippen LogP contribution >= 0.6 is 0 Å². The Morgan fingerprint density at radius 3 is 1.44 bits per heavy atom. The highest BCUT2D eigenvalue weighted by atomic mass is 15.1. The quantitative estimate of drug-likeness (QED) is 0.153. The standard InChI is InChI=1S/C58H43N3/c1-58(2)53-18-10-9-17-51(53)52-38-31-46(39-54(52)58)44-29-36-50(37-30-44)60(48-32-25-42(26-33-48)40-13-5-3-6-14-40)49-34-27-43(28-35-49)41-21-23-45(24-22-41)57-59-55-19-11-12-20-56(55)61(57)47-15-7-4-8-16-47/h3-39H,1-2H3. The second kappa shape index (κ2) is 14.8. The Bertz CT molecular complexity index is 3160. The van der Waals surface area contributed by atoms with Gasteiger partial charge in [0, 0.05) is 33.7 Å². The van der Waals surface area contributed by atoms with E-state index in [4.69, 9.17) is 4.98 Å². The van der Waals surface area contributed by atoms with Crippen LogP contribution in [0, 0.1) is 0 Å². The highest BCUT2D eigenvalue weighted by molar-refractivity contribution is 5.86. The van der Waals surface area contributed by atoms with E-state index in [1.54, 1.807) is 0 Å². The molecule has 11 rings (SSSR count). The Labute approximate surface area is 357 Å². The molecule has 0 bridgehead atoms. The first-order valence-electron chi connectivity index (χ1n) is 21.0. The van der Waals surface area contributed by atoms with Gasteiger partial charge in [-0.3, -0.25) is 4.57 Å². The molecule has 0 aliphatic heterocycles. The summed E-state index contributed by atoms with van der Waals surface area (Å²) in [5, 5.41) is 0. The summed E-state index contributed by atoms with van der Waals surface area (Å²) < 4.78 is 2.25. The minimum Gasteiger partial charge on any atom is -0.311 e. The molecule has 0 saturated carbocycles. The number of hydrogen-bond donors (Lipinski definition) is 0. The summed E-state index contributed by atoms with van der Waals surface area (Å²) in [6, 6.07) is 80.8. The molecule has 0 N–H and O–H groups in total. The van der Waals surface area contributed by atoms with Gasteiger partial charge < -0.3 is 4.90 Å². The molecule has 1 aliphatic rings. The van der Waals surface area contributed by atoms with Crippen molar-refractivity contribution < 1.29 is 0 Å². The molecule has 0 saturated heterocycles. The van der Waals surface area contributed by atoms with Crippen molar-refractivity contribution in [1.82, 2.24) is 9.55 Å². The van der Waals surface area contributed by atoms with E-state index in [9.17, 15) is 0 Å². The van der Waals surface area contributed by atoms with Crippen LogP contribution in [0.15, 0.2) is 224 Å². The Hall–Kier alpha value is -7.75. The molecule has 3 nitrogen and oxygen atoms in total. The van der Waals surface area contributed by atoms with E-state index >= 15 is 0 Å². The number of aromatic nitrogens is 2. The fourth-order valence-electron chi connectivity index (χ4n) is 9.24. The monoisotopic (exact) mass is 781 g/mol. The van der Waals surface area contributed by atoms with E-state index in [-0.39, 0.29) is 5.41 Å². The first-order valence-corrected chi connectivity index (χ1v) is 21.0. The number of anilines is 3. The Morgan fingerprint density at radius 2 is 0.820 bits per heavy atom. The van der Waals surface area contributed by atoms with Crippen LogP contribution in [0.2, 0.25) is 0 Å². The topological polar surface area (TPSA) is 21.1 Å². The largest absolute Gasteiger partial charge is 0.311 e. The van der Waals surface area contributed by atoms with Gasteiger partial charge in [0.2, 0.25) is 0 Å². The fraction of sp³-hybridized carbons (Fsp3) is 0.0517. The zero-order chi connectivity index (χ0) is 40.9. The van der Waals surface area contributed by atoms with Crippen molar-refractivity contribution in [2.24, 2.45) is 0 Å². The number of benzene rings is 9. The van der Waals surface area contributed by atoms with E-state index in [1.165, 1.54) is 44.5 Å². The van der Waals surface area contributed by atoms with E-state index in [0.717, 1.165) is 56.3 Å². The molecule has 1 aliphatic carbocycles. The van der Waals surface area contributed by atoms with Gasteiger partial charge in [0.05, 0.1) is 11.0 Å². The zero-order valence-electron chi connectivity index (χ0n) is 34.2. The van der Waals surface area contributed by atoms with Crippen LogP contribution in [0.25, 0.3) is 72.6 Å². The molecule has 10 aromatic rings. The van der Waals surface area contributed by atoms with E-state index in [1.807, 2.05) is 6.07 Å². The summed E-state index contributed by atoms with van der Waals surface area (Å²) in [5.41, 5.74) is 20.1. The van der Waals surface area contributed by atoms with Crippen molar-refractivity contribution in [3.8, 4) is 61.6 Å². The summed E-state index contributed by atoms with van der Waals surface area (Å²) in [6.45, 7) is 4.69.